The predicted octanol–water partition coefficient (Wildman–Crippen LogP) is 4.83. The van der Waals surface area contributed by atoms with Crippen LogP contribution in [0, 0.1) is 3.57 Å². The highest BCUT2D eigenvalue weighted by molar-refractivity contribution is 14.1. The van der Waals surface area contributed by atoms with Crippen LogP contribution < -0.4 is 14.8 Å². The fourth-order valence-corrected chi connectivity index (χ4v) is 3.43. The van der Waals surface area contributed by atoms with E-state index in [1.165, 1.54) is 0 Å². The molecule has 0 spiro atoms. The minimum absolute atomic E-state index is 0.0253. The number of unbranched alkanes of at least 4 members (excludes halogenated alkanes) is 1. The van der Waals surface area contributed by atoms with Crippen molar-refractivity contribution in [1.29, 1.82) is 0 Å². The zero-order valence-corrected chi connectivity index (χ0v) is 18.0. The molecule has 0 aliphatic carbocycles. The Morgan fingerprint density at radius 3 is 2.80 bits per heavy atom. The topological polar surface area (TPSA) is 114 Å². The van der Waals surface area contributed by atoms with Gasteiger partial charge in [0, 0.05) is 27.0 Å². The van der Waals surface area contributed by atoms with Crippen LogP contribution in [0.5, 0.6) is 17.2 Å². The Morgan fingerprint density at radius 1 is 1.20 bits per heavy atom. The number of nitrogens with one attached hydrogen (secondary N) is 1. The average molecular weight is 525 g/mol. The summed E-state index contributed by atoms with van der Waals surface area (Å²) >= 11 is 2.11. The number of anilines is 1. The summed E-state index contributed by atoms with van der Waals surface area (Å²) in [5, 5.41) is 21.6. The summed E-state index contributed by atoms with van der Waals surface area (Å²) in [5.74, 6) is 0.147. The summed E-state index contributed by atoms with van der Waals surface area (Å²) < 4.78 is 17.0. The zero-order chi connectivity index (χ0) is 21.5. The summed E-state index contributed by atoms with van der Waals surface area (Å²) in [7, 11) is 0. The Morgan fingerprint density at radius 2 is 2.00 bits per heavy atom. The van der Waals surface area contributed by atoms with Crippen LogP contribution in [-0.4, -0.2) is 29.1 Å². The number of halogens is 1. The van der Waals surface area contributed by atoms with Crippen molar-refractivity contribution in [2.45, 2.75) is 25.4 Å². The van der Waals surface area contributed by atoms with E-state index in [4.69, 9.17) is 19.3 Å². The Balaban J connectivity index is 1.68. The molecule has 3 N–H and O–H groups in total. The molecule has 30 heavy (non-hydrogen) atoms. The summed E-state index contributed by atoms with van der Waals surface area (Å²) in [6, 6.07) is 10.0. The molecule has 8 nitrogen and oxygen atoms in total. The van der Waals surface area contributed by atoms with Crippen molar-refractivity contribution in [2.24, 2.45) is 0 Å². The summed E-state index contributed by atoms with van der Waals surface area (Å²) in [5.41, 5.74) is 0.976. The number of aromatic hydroxyl groups is 1. The SMILES string of the molecule is O=C(O)/C=C/CCC[C@H](OC(=O)Nc1ccc2c(c1)OCO2)c1cc(I)ccc1O. The maximum absolute atomic E-state index is 12.5. The largest absolute Gasteiger partial charge is 0.508 e. The zero-order valence-electron chi connectivity index (χ0n) is 15.8. The number of amides is 1. The molecule has 0 radical (unpaired) electrons. The van der Waals surface area contributed by atoms with Gasteiger partial charge < -0.3 is 24.4 Å². The summed E-state index contributed by atoms with van der Waals surface area (Å²) in [6.45, 7) is 0.132. The molecule has 1 atom stereocenters. The molecular weight excluding hydrogens is 505 g/mol. The van der Waals surface area contributed by atoms with E-state index in [2.05, 4.69) is 27.9 Å². The monoisotopic (exact) mass is 525 g/mol. The number of hydrogen-bond acceptors (Lipinski definition) is 6. The van der Waals surface area contributed by atoms with Crippen LogP contribution in [0.25, 0.3) is 0 Å². The van der Waals surface area contributed by atoms with Crippen molar-refractivity contribution in [3.8, 4) is 17.2 Å². The van der Waals surface area contributed by atoms with Gasteiger partial charge in [0.1, 0.15) is 11.9 Å². The van der Waals surface area contributed by atoms with Crippen molar-refractivity contribution in [2.75, 3.05) is 12.1 Å². The van der Waals surface area contributed by atoms with E-state index in [1.807, 2.05) is 0 Å². The third-order valence-corrected chi connectivity index (χ3v) is 4.97. The molecule has 1 heterocycles. The highest BCUT2D eigenvalue weighted by Gasteiger charge is 2.21. The van der Waals surface area contributed by atoms with Gasteiger partial charge in [-0.05, 0) is 72.2 Å². The second-order valence-corrected chi connectivity index (χ2v) is 7.71. The Kier molecular flexibility index (Phi) is 7.39. The van der Waals surface area contributed by atoms with Gasteiger partial charge in [0.25, 0.3) is 0 Å². The minimum atomic E-state index is -1.01. The lowest BCUT2D eigenvalue weighted by Gasteiger charge is -2.20. The molecule has 0 saturated heterocycles. The molecule has 0 fully saturated rings. The number of aliphatic carboxylic acids is 1. The average Bonchev–Trinajstić information content (AvgIpc) is 3.16. The number of carboxylic acid groups (broad SMARTS) is 1. The molecule has 3 rings (SSSR count). The number of benzene rings is 2. The van der Waals surface area contributed by atoms with Crippen molar-refractivity contribution in [1.82, 2.24) is 0 Å². The molecule has 0 aromatic heterocycles. The number of hydrogen-bond donors (Lipinski definition) is 3. The first-order chi connectivity index (χ1) is 14.4. The molecule has 1 amide bonds. The number of carboxylic acids is 1. The highest BCUT2D eigenvalue weighted by atomic mass is 127. The van der Waals surface area contributed by atoms with E-state index in [0.717, 1.165) is 9.65 Å². The maximum atomic E-state index is 12.5. The molecule has 1 aliphatic heterocycles. The molecule has 0 bridgehead atoms. The van der Waals surface area contributed by atoms with Crippen molar-refractivity contribution in [3.63, 3.8) is 0 Å². The quantitative estimate of drug-likeness (QED) is 0.257. The van der Waals surface area contributed by atoms with Crippen molar-refractivity contribution < 1.29 is 34.0 Å². The molecule has 9 heteroatoms. The highest BCUT2D eigenvalue weighted by Crippen LogP contribution is 2.35. The van der Waals surface area contributed by atoms with Gasteiger partial charge >= 0.3 is 12.1 Å². The first kappa shape index (κ1) is 21.8. The molecule has 0 unspecified atom stereocenters. The van der Waals surface area contributed by atoms with Gasteiger partial charge in [0.2, 0.25) is 6.79 Å². The van der Waals surface area contributed by atoms with Gasteiger partial charge in [0.05, 0.1) is 0 Å². The lowest BCUT2D eigenvalue weighted by Crippen LogP contribution is -2.18. The molecule has 158 valence electrons. The van der Waals surface area contributed by atoms with Crippen LogP contribution in [-0.2, 0) is 9.53 Å². The fourth-order valence-electron chi connectivity index (χ4n) is 2.92. The predicted molar refractivity (Wildman–Crippen MR) is 117 cm³/mol. The summed E-state index contributed by atoms with van der Waals surface area (Å²) in [6.07, 6.45) is 2.71. The molecule has 2 aromatic rings. The third kappa shape index (κ3) is 6.02. The molecule has 2 aromatic carbocycles. The lowest BCUT2D eigenvalue weighted by molar-refractivity contribution is -0.131. The van der Waals surface area contributed by atoms with Crippen LogP contribution >= 0.6 is 22.6 Å². The van der Waals surface area contributed by atoms with Gasteiger partial charge in [0.15, 0.2) is 11.5 Å². The lowest BCUT2D eigenvalue weighted by atomic mass is 10.0. The van der Waals surface area contributed by atoms with Gasteiger partial charge in [-0.1, -0.05) is 6.08 Å². The van der Waals surface area contributed by atoms with Crippen molar-refractivity contribution >= 4 is 40.3 Å². The van der Waals surface area contributed by atoms with E-state index in [9.17, 15) is 14.7 Å². The standard InChI is InChI=1S/C21H20INO7/c22-13-6-8-16(24)15(10-13)17(4-2-1-3-5-20(25)26)30-21(27)23-14-7-9-18-19(11-14)29-12-28-18/h3,5-11,17,24H,1-2,4,12H2,(H,23,27)(H,25,26)/b5-3+/t17-/m0/s1. The summed E-state index contributed by atoms with van der Waals surface area (Å²) in [4.78, 5) is 23.1. The maximum Gasteiger partial charge on any atom is 0.412 e. The molecule has 1 aliphatic rings. The van der Waals surface area contributed by atoms with Gasteiger partial charge in [-0.25, -0.2) is 9.59 Å². The van der Waals surface area contributed by atoms with E-state index >= 15 is 0 Å². The number of allylic oxidation sites excluding steroid dienone is 1. The molecule has 0 saturated carbocycles. The number of phenols is 1. The van der Waals surface area contributed by atoms with Crippen LogP contribution in [0.15, 0.2) is 48.6 Å². The number of carbonyl (C=O) groups excluding carboxylic acids is 1. The van der Waals surface area contributed by atoms with Gasteiger partial charge in [-0.15, -0.1) is 0 Å². The van der Waals surface area contributed by atoms with E-state index in [1.54, 1.807) is 42.5 Å². The van der Waals surface area contributed by atoms with Crippen LogP contribution in [0.2, 0.25) is 0 Å². The Hall–Kier alpha value is -2.95. The van der Waals surface area contributed by atoms with Crippen LogP contribution in [0.3, 0.4) is 0 Å². The Bertz CT molecular complexity index is 960. The van der Waals surface area contributed by atoms with Crippen molar-refractivity contribution in [3.05, 3.63) is 57.7 Å². The van der Waals surface area contributed by atoms with Gasteiger partial charge in [-0.2, -0.15) is 0 Å². The first-order valence-corrected chi connectivity index (χ1v) is 10.3. The number of ether oxygens (including phenoxy) is 3. The smallest absolute Gasteiger partial charge is 0.412 e. The van der Waals surface area contributed by atoms with Gasteiger partial charge in [-0.3, -0.25) is 5.32 Å². The minimum Gasteiger partial charge on any atom is -0.508 e. The second kappa shape index (κ2) is 10.2. The van der Waals surface area contributed by atoms with E-state index < -0.39 is 18.2 Å². The van der Waals surface area contributed by atoms with Crippen LogP contribution in [0.4, 0.5) is 10.5 Å². The number of rotatable bonds is 8. The van der Waals surface area contributed by atoms with Crippen LogP contribution in [0.1, 0.15) is 30.9 Å². The van der Waals surface area contributed by atoms with E-state index in [0.29, 0.717) is 42.0 Å². The third-order valence-electron chi connectivity index (χ3n) is 4.30. The first-order valence-electron chi connectivity index (χ1n) is 9.17. The Labute approximate surface area is 186 Å². The second-order valence-electron chi connectivity index (χ2n) is 6.46. The number of carbonyl (C=O) groups is 2. The number of phenolic OH excluding ortho intramolecular Hbond substituents is 1. The normalized spacial score (nSPS) is 13.2. The fraction of sp³-hybridized carbons (Fsp3) is 0.238. The van der Waals surface area contributed by atoms with E-state index in [-0.39, 0.29) is 12.5 Å². The molecular formula is C21H20INO7. The number of fused-ring (bicyclic) bond motifs is 1.